The number of rotatable bonds is 6. The van der Waals surface area contributed by atoms with Crippen LogP contribution >= 0.6 is 0 Å². The average molecular weight is 720 g/mol. The second-order valence-electron chi connectivity index (χ2n) is 16.5. The van der Waals surface area contributed by atoms with Gasteiger partial charge in [-0.2, -0.15) is 0 Å². The van der Waals surface area contributed by atoms with Crippen LogP contribution in [0.2, 0.25) is 0 Å². The molecule has 4 aromatic rings. The van der Waals surface area contributed by atoms with Crippen molar-refractivity contribution < 1.29 is 42.2 Å². The van der Waals surface area contributed by atoms with Gasteiger partial charge >= 0.3 is 290 Å². The molecule has 10 rings (SSSR count). The van der Waals surface area contributed by atoms with E-state index in [1.807, 2.05) is 7.75 Å². The fourth-order valence-electron chi connectivity index (χ4n) is 10.7. The van der Waals surface area contributed by atoms with Crippen LogP contribution in [0.5, 0.6) is 0 Å². The topological polar surface area (TPSA) is 0 Å². The summed E-state index contributed by atoms with van der Waals surface area (Å²) in [6, 6.07) is 35.1. The van der Waals surface area contributed by atoms with Crippen molar-refractivity contribution in [1.82, 2.24) is 0 Å². The van der Waals surface area contributed by atoms with Crippen LogP contribution in [0.3, 0.4) is 0 Å². The maximum atomic E-state index is 2.59. The smallest absolute Gasteiger partial charge is 1.00 e. The quantitative estimate of drug-likeness (QED) is 0.225. The third-order valence-corrected chi connectivity index (χ3v) is 18.5. The maximum absolute atomic E-state index is 2.59. The summed E-state index contributed by atoms with van der Waals surface area (Å²) in [5.41, 5.74) is 12.0. The molecule has 0 heterocycles. The van der Waals surface area contributed by atoms with Crippen molar-refractivity contribution in [3.8, 4) is 11.1 Å². The Morgan fingerprint density at radius 2 is 1.20 bits per heavy atom. The van der Waals surface area contributed by atoms with E-state index in [-0.39, 0.29) is 35.6 Å². The van der Waals surface area contributed by atoms with Crippen molar-refractivity contribution in [2.75, 3.05) is 0 Å². The number of benzene rings is 4. The van der Waals surface area contributed by atoms with Crippen LogP contribution in [0.4, 0.5) is 0 Å². The number of hydrogen-bond donors (Lipinski definition) is 0. The van der Waals surface area contributed by atoms with Gasteiger partial charge in [-0.25, -0.2) is 0 Å². The molecule has 3 heteroatoms. The van der Waals surface area contributed by atoms with Crippen molar-refractivity contribution in [2.24, 2.45) is 23.7 Å². The average Bonchev–Trinajstić information content (AvgIpc) is 3.75. The summed E-state index contributed by atoms with van der Waals surface area (Å²) in [6.45, 7) is 9.81. The van der Waals surface area contributed by atoms with Gasteiger partial charge in [-0.15, -0.1) is 0 Å². The molecule has 4 aromatic carbocycles. The molecule has 0 radical (unpaired) electrons. The van der Waals surface area contributed by atoms with Gasteiger partial charge in [0, 0.05) is 0 Å². The molecule has 6 aliphatic rings. The molecular weight excluding hydrogens is 671 g/mol. The predicted molar refractivity (Wildman–Crippen MR) is 195 cm³/mol. The van der Waals surface area contributed by atoms with Crippen molar-refractivity contribution >= 4 is 7.68 Å². The molecule has 0 aliphatic heterocycles. The van der Waals surface area contributed by atoms with Crippen molar-refractivity contribution in [1.29, 1.82) is 0 Å². The fourth-order valence-corrected chi connectivity index (χ4v) is 17.0. The summed E-state index contributed by atoms with van der Waals surface area (Å²) in [4.78, 5) is 0. The molecule has 4 bridgehead atoms. The van der Waals surface area contributed by atoms with Gasteiger partial charge in [0.05, 0.1) is 0 Å². The number of hydrogen-bond acceptors (Lipinski definition) is 0. The van der Waals surface area contributed by atoms with E-state index in [4.69, 9.17) is 0 Å². The molecule has 0 spiro atoms. The van der Waals surface area contributed by atoms with E-state index in [9.17, 15) is 0 Å². The van der Waals surface area contributed by atoms with Gasteiger partial charge in [0.15, 0.2) is 0 Å². The predicted octanol–water partition coefficient (Wildman–Crippen LogP) is 4.63. The van der Waals surface area contributed by atoms with E-state index in [2.05, 4.69) is 141 Å². The van der Waals surface area contributed by atoms with Crippen LogP contribution in [0.1, 0.15) is 99.6 Å². The molecule has 0 nitrogen and oxygen atoms in total. The zero-order valence-electron chi connectivity index (χ0n) is 29.4. The van der Waals surface area contributed by atoms with Gasteiger partial charge in [0.2, 0.25) is 0 Å². The zero-order chi connectivity index (χ0) is 31.9. The monoisotopic (exact) mass is 718 g/mol. The molecule has 0 amide bonds. The first-order chi connectivity index (χ1) is 22.8. The van der Waals surface area contributed by atoms with E-state index in [1.165, 1.54) is 71.9 Å². The summed E-state index contributed by atoms with van der Waals surface area (Å²) in [7, 11) is 0. The second kappa shape index (κ2) is 13.3. The SMILES string of the molecule is CC(C)(c1ccccc1)c1ccc2c(c1)Cc1c-2ccc(C(C)(C)c2ccccc2)[c]1[Ti+2]([C]1=CC=CC1)=[C]1C2CC3CC(C2)CC1C3.[Cl-].[Cl-]. The minimum absolute atomic E-state index is 0. The molecule has 0 saturated heterocycles. The van der Waals surface area contributed by atoms with E-state index in [0.717, 1.165) is 30.1 Å². The Kier molecular flexibility index (Phi) is 9.45. The van der Waals surface area contributed by atoms with Crippen LogP contribution in [0.25, 0.3) is 11.1 Å². The molecule has 0 atom stereocenters. The van der Waals surface area contributed by atoms with Crippen LogP contribution in [-0.4, -0.2) is 3.81 Å². The van der Waals surface area contributed by atoms with E-state index in [0.29, 0.717) is 0 Å². The number of allylic oxidation sites excluding steroid dienone is 4. The van der Waals surface area contributed by atoms with Crippen molar-refractivity contribution in [3.05, 3.63) is 146 Å². The standard InChI is InChI=1S/C31H29.C10H14.C5H5.2ClH.Ti/c1-30(2,24-11-7-5-8-12-24)26-15-17-28-22(20-26)19-23-21-27(16-18-29(23)28)31(3,4)25-13-9-6-10-14-25;1-7-2-9-4-8(1)5-10(3-7)6-9;1-2-4-5-3-1;;;/h5-18,20H,19H2,1-4H3;7-10H,1-5H2;1-3H,4H2;2*1H;/q;;;;;+2/p-2. The van der Waals surface area contributed by atoms with Gasteiger partial charge in [0.25, 0.3) is 0 Å². The molecule has 6 aliphatic carbocycles. The third kappa shape index (κ3) is 5.74. The second-order valence-corrected chi connectivity index (χ2v) is 20.4. The number of halogens is 2. The van der Waals surface area contributed by atoms with Gasteiger partial charge in [-0.1, -0.05) is 0 Å². The Hall–Kier alpha value is -2.48. The Morgan fingerprint density at radius 1 is 0.612 bits per heavy atom. The van der Waals surface area contributed by atoms with Crippen LogP contribution < -0.4 is 28.7 Å². The van der Waals surface area contributed by atoms with Crippen molar-refractivity contribution in [3.63, 3.8) is 0 Å². The largest absolute Gasteiger partial charge is 1.00 e. The first kappa shape index (κ1) is 34.9. The normalized spacial score (nSPS) is 22.8. The zero-order valence-corrected chi connectivity index (χ0v) is 32.5. The summed E-state index contributed by atoms with van der Waals surface area (Å²) < 4.78 is 5.73. The first-order valence-electron chi connectivity index (χ1n) is 18.3. The first-order valence-corrected chi connectivity index (χ1v) is 20.6. The summed E-state index contributed by atoms with van der Waals surface area (Å²) in [6.07, 6.45) is 17.1. The summed E-state index contributed by atoms with van der Waals surface area (Å²) >= 11 is -2.04. The molecule has 49 heavy (non-hydrogen) atoms. The van der Waals surface area contributed by atoms with Gasteiger partial charge in [-0.05, 0) is 0 Å². The molecule has 0 N–H and O–H groups in total. The third-order valence-electron chi connectivity index (χ3n) is 13.1. The molecule has 250 valence electrons. The number of fused-ring (bicyclic) bond motifs is 3. The minimum atomic E-state index is -2.04. The van der Waals surface area contributed by atoms with Gasteiger partial charge in [0.1, 0.15) is 0 Å². The Labute approximate surface area is 312 Å². The maximum Gasteiger partial charge on any atom is -1.00 e. The van der Waals surface area contributed by atoms with Gasteiger partial charge < -0.3 is 24.8 Å². The van der Waals surface area contributed by atoms with Gasteiger partial charge in [-0.3, -0.25) is 0 Å². The van der Waals surface area contributed by atoms with Crippen molar-refractivity contribution in [2.45, 2.75) is 83.5 Å². The summed E-state index contributed by atoms with van der Waals surface area (Å²) in [5.74, 6) is 3.73. The molecule has 0 aromatic heterocycles. The Balaban J connectivity index is 0.00000189. The Bertz CT molecular complexity index is 1950. The van der Waals surface area contributed by atoms with Crippen LogP contribution in [0, 0.1) is 23.7 Å². The van der Waals surface area contributed by atoms with E-state index in [1.54, 1.807) is 11.1 Å². The Morgan fingerprint density at radius 3 is 1.80 bits per heavy atom. The van der Waals surface area contributed by atoms with Crippen LogP contribution in [0.15, 0.2) is 113 Å². The molecule has 4 saturated carbocycles. The van der Waals surface area contributed by atoms with E-state index < -0.39 is 17.4 Å². The fraction of sp³-hybridized carbons (Fsp3) is 0.370. The molecule has 4 fully saturated rings. The van der Waals surface area contributed by atoms with Crippen LogP contribution in [-0.2, 0) is 34.7 Å². The van der Waals surface area contributed by atoms with E-state index >= 15 is 0 Å². The molecule has 0 unspecified atom stereocenters. The minimum Gasteiger partial charge on any atom is -1.00 e. The summed E-state index contributed by atoms with van der Waals surface area (Å²) in [5, 5.41) is 0. The molecular formula is C46H48Cl2Ti.